The summed E-state index contributed by atoms with van der Waals surface area (Å²) in [6.45, 7) is 10.0. The van der Waals surface area contributed by atoms with Crippen LogP contribution in [0.4, 0.5) is 4.79 Å². The molecule has 1 rings (SSSR count). The zero-order chi connectivity index (χ0) is 18.3. The molecule has 1 aromatic rings. The lowest BCUT2D eigenvalue weighted by Gasteiger charge is -2.25. The Morgan fingerprint density at radius 3 is 2.29 bits per heavy atom. The summed E-state index contributed by atoms with van der Waals surface area (Å²) >= 11 is 0. The fourth-order valence-corrected chi connectivity index (χ4v) is 3.03. The number of rotatable bonds is 8. The van der Waals surface area contributed by atoms with E-state index in [1.807, 2.05) is 27.7 Å². The molecule has 0 amide bonds. The largest absolute Gasteiger partial charge is 0.513 e. The fourth-order valence-electron chi connectivity index (χ4n) is 3.03. The molecule has 0 aliphatic heterocycles. The number of carbonyl (C=O) groups is 2. The normalized spacial score (nSPS) is 12.1. The second-order valence-corrected chi connectivity index (χ2v) is 6.11. The predicted molar refractivity (Wildman–Crippen MR) is 92.9 cm³/mol. The Morgan fingerprint density at radius 2 is 1.83 bits per heavy atom. The van der Waals surface area contributed by atoms with Gasteiger partial charge in [0.15, 0.2) is 0 Å². The Labute approximate surface area is 144 Å². The highest BCUT2D eigenvalue weighted by molar-refractivity contribution is 5.91. The van der Waals surface area contributed by atoms with Gasteiger partial charge in [-0.25, -0.2) is 9.59 Å². The first-order valence-electron chi connectivity index (χ1n) is 8.60. The molecule has 0 radical (unpaired) electrons. The van der Waals surface area contributed by atoms with Gasteiger partial charge in [0.1, 0.15) is 5.75 Å². The molecule has 24 heavy (non-hydrogen) atoms. The Morgan fingerprint density at radius 1 is 1.17 bits per heavy atom. The summed E-state index contributed by atoms with van der Waals surface area (Å²) in [7, 11) is 0. The Bertz CT molecular complexity index is 577. The maximum atomic E-state index is 11.9. The van der Waals surface area contributed by atoms with Crippen LogP contribution in [0.25, 0.3) is 0 Å². The van der Waals surface area contributed by atoms with Crippen LogP contribution in [0.2, 0.25) is 0 Å². The van der Waals surface area contributed by atoms with Crippen molar-refractivity contribution in [3.8, 4) is 5.75 Å². The number of carbonyl (C=O) groups excluding carboxylic acids is 1. The molecule has 1 aromatic carbocycles. The first-order valence-corrected chi connectivity index (χ1v) is 8.60. The number of carboxylic acid groups (broad SMARTS) is 1. The number of aromatic carboxylic acids is 1. The topological polar surface area (TPSA) is 72.8 Å². The van der Waals surface area contributed by atoms with Crippen molar-refractivity contribution in [1.82, 2.24) is 0 Å². The summed E-state index contributed by atoms with van der Waals surface area (Å²) in [4.78, 5) is 23.6. The molecular formula is C19H28O5. The van der Waals surface area contributed by atoms with Crippen LogP contribution >= 0.6 is 0 Å². The third-order valence-corrected chi connectivity index (χ3v) is 4.09. The van der Waals surface area contributed by atoms with Gasteiger partial charge in [-0.1, -0.05) is 40.2 Å². The number of carboxylic acids is 1. The third kappa shape index (κ3) is 4.73. The van der Waals surface area contributed by atoms with Crippen molar-refractivity contribution >= 4 is 12.1 Å². The van der Waals surface area contributed by atoms with Crippen LogP contribution in [-0.4, -0.2) is 23.8 Å². The Kier molecular flexibility index (Phi) is 7.75. The van der Waals surface area contributed by atoms with Crippen LogP contribution < -0.4 is 4.74 Å². The minimum absolute atomic E-state index is 0.0164. The maximum absolute atomic E-state index is 11.9. The molecule has 5 heteroatoms. The van der Waals surface area contributed by atoms with E-state index in [4.69, 9.17) is 9.47 Å². The lowest BCUT2D eigenvalue weighted by Crippen LogP contribution is -2.18. The van der Waals surface area contributed by atoms with Crippen molar-refractivity contribution in [2.24, 2.45) is 5.92 Å². The summed E-state index contributed by atoms with van der Waals surface area (Å²) in [5.74, 6) is -0.455. The van der Waals surface area contributed by atoms with Crippen LogP contribution in [0.3, 0.4) is 0 Å². The minimum Gasteiger partial charge on any atom is -0.478 e. The van der Waals surface area contributed by atoms with Gasteiger partial charge in [0.2, 0.25) is 0 Å². The summed E-state index contributed by atoms with van der Waals surface area (Å²) in [5.41, 5.74) is 1.62. The average Bonchev–Trinajstić information content (AvgIpc) is 2.50. The highest BCUT2D eigenvalue weighted by Crippen LogP contribution is 2.40. The number of hydrogen-bond acceptors (Lipinski definition) is 4. The lowest BCUT2D eigenvalue weighted by molar-refractivity contribution is 0.0692. The van der Waals surface area contributed by atoms with E-state index >= 15 is 0 Å². The average molecular weight is 336 g/mol. The van der Waals surface area contributed by atoms with Crippen molar-refractivity contribution in [2.45, 2.75) is 59.8 Å². The number of benzene rings is 1. The molecule has 0 spiro atoms. The SMILES string of the molecule is CCCc1ccc(C(=O)O)c(C(CC)C(C)C)c1OC(=O)OCC. The molecule has 1 unspecified atom stereocenters. The van der Waals surface area contributed by atoms with Crippen molar-refractivity contribution in [3.63, 3.8) is 0 Å². The van der Waals surface area contributed by atoms with Crippen LogP contribution in [0.5, 0.6) is 5.75 Å². The third-order valence-electron chi connectivity index (χ3n) is 4.09. The van der Waals surface area contributed by atoms with Gasteiger partial charge in [-0.05, 0) is 43.2 Å². The first-order chi connectivity index (χ1) is 11.4. The predicted octanol–water partition coefficient (Wildman–Crippen LogP) is 5.02. The van der Waals surface area contributed by atoms with Gasteiger partial charge in [0.25, 0.3) is 0 Å². The van der Waals surface area contributed by atoms with E-state index < -0.39 is 12.1 Å². The van der Waals surface area contributed by atoms with Crippen molar-refractivity contribution in [3.05, 3.63) is 28.8 Å². The van der Waals surface area contributed by atoms with E-state index in [2.05, 4.69) is 0 Å². The van der Waals surface area contributed by atoms with Crippen LogP contribution in [0, 0.1) is 5.92 Å². The Hall–Kier alpha value is -2.04. The molecule has 0 bridgehead atoms. The van der Waals surface area contributed by atoms with E-state index in [-0.39, 0.29) is 24.0 Å². The molecule has 0 aliphatic rings. The fraction of sp³-hybridized carbons (Fsp3) is 0.579. The number of hydrogen-bond donors (Lipinski definition) is 1. The van der Waals surface area contributed by atoms with Gasteiger partial charge in [0.05, 0.1) is 12.2 Å². The van der Waals surface area contributed by atoms with Gasteiger partial charge < -0.3 is 14.6 Å². The Balaban J connectivity index is 3.58. The molecular weight excluding hydrogens is 308 g/mol. The van der Waals surface area contributed by atoms with E-state index in [9.17, 15) is 14.7 Å². The van der Waals surface area contributed by atoms with E-state index in [1.165, 1.54) is 0 Å². The number of aryl methyl sites for hydroxylation is 1. The summed E-state index contributed by atoms with van der Waals surface area (Å²) < 4.78 is 10.4. The summed E-state index contributed by atoms with van der Waals surface area (Å²) in [6, 6.07) is 3.35. The van der Waals surface area contributed by atoms with E-state index in [1.54, 1.807) is 19.1 Å². The zero-order valence-corrected chi connectivity index (χ0v) is 15.2. The molecule has 0 heterocycles. The van der Waals surface area contributed by atoms with Crippen molar-refractivity contribution in [1.29, 1.82) is 0 Å². The van der Waals surface area contributed by atoms with Crippen molar-refractivity contribution < 1.29 is 24.2 Å². The second kappa shape index (κ2) is 9.30. The molecule has 1 atom stereocenters. The maximum Gasteiger partial charge on any atom is 0.513 e. The highest BCUT2D eigenvalue weighted by atomic mass is 16.7. The monoisotopic (exact) mass is 336 g/mol. The standard InChI is InChI=1S/C19H28O5/c1-6-9-13-10-11-15(18(20)21)16(14(7-2)12(4)5)17(13)24-19(22)23-8-3/h10-12,14H,6-9H2,1-5H3,(H,20,21). The lowest BCUT2D eigenvalue weighted by atomic mass is 9.81. The van der Waals surface area contributed by atoms with Crippen LogP contribution in [-0.2, 0) is 11.2 Å². The molecule has 134 valence electrons. The quantitative estimate of drug-likeness (QED) is 0.533. The van der Waals surface area contributed by atoms with Crippen molar-refractivity contribution in [2.75, 3.05) is 6.61 Å². The first kappa shape index (κ1) is 20.0. The van der Waals surface area contributed by atoms with Gasteiger partial charge in [-0.3, -0.25) is 0 Å². The molecule has 5 nitrogen and oxygen atoms in total. The van der Waals surface area contributed by atoms with Gasteiger partial charge in [-0.2, -0.15) is 0 Å². The van der Waals surface area contributed by atoms with Gasteiger partial charge in [-0.15, -0.1) is 0 Å². The van der Waals surface area contributed by atoms with Gasteiger partial charge in [0, 0.05) is 5.56 Å². The van der Waals surface area contributed by atoms with Crippen LogP contribution in [0.1, 0.15) is 74.9 Å². The van der Waals surface area contributed by atoms with Crippen LogP contribution in [0.15, 0.2) is 12.1 Å². The summed E-state index contributed by atoms with van der Waals surface area (Å²) in [5, 5.41) is 9.60. The minimum atomic E-state index is -1.01. The van der Waals surface area contributed by atoms with E-state index in [0.717, 1.165) is 18.4 Å². The zero-order valence-electron chi connectivity index (χ0n) is 15.2. The smallest absolute Gasteiger partial charge is 0.478 e. The molecule has 0 aliphatic carbocycles. The van der Waals surface area contributed by atoms with E-state index in [0.29, 0.717) is 17.7 Å². The molecule has 0 aromatic heterocycles. The number of ether oxygens (including phenoxy) is 2. The molecule has 0 saturated heterocycles. The molecule has 0 saturated carbocycles. The second-order valence-electron chi connectivity index (χ2n) is 6.11. The van der Waals surface area contributed by atoms with Gasteiger partial charge >= 0.3 is 12.1 Å². The molecule has 0 fully saturated rings. The highest BCUT2D eigenvalue weighted by Gasteiger charge is 2.28. The summed E-state index contributed by atoms with van der Waals surface area (Å²) in [6.07, 6.45) is 1.53. The molecule has 1 N–H and O–H groups in total.